The van der Waals surface area contributed by atoms with Crippen LogP contribution in [0.5, 0.6) is 0 Å². The summed E-state index contributed by atoms with van der Waals surface area (Å²) in [6, 6.07) is 3.44. The van der Waals surface area contributed by atoms with Crippen molar-refractivity contribution in [1.82, 2.24) is 0 Å². The van der Waals surface area contributed by atoms with Gasteiger partial charge in [0.05, 0.1) is 0 Å². The first kappa shape index (κ1) is 11.0. The number of nitrogens with one attached hydrogen (secondary N) is 1. The fraction of sp³-hybridized carbons (Fsp3) is 0.455. The van der Waals surface area contributed by atoms with E-state index in [1.54, 1.807) is 0 Å². The first-order chi connectivity index (χ1) is 6.37. The molecule has 0 amide bonds. The van der Waals surface area contributed by atoms with E-state index in [0.29, 0.717) is 12.2 Å². The monoisotopic (exact) mass is 199 g/mol. The highest BCUT2D eigenvalue weighted by Gasteiger charge is 2.09. The number of benzene rings is 1. The molecule has 1 aromatic rings. The summed E-state index contributed by atoms with van der Waals surface area (Å²) in [5.41, 5.74) is 0.570. The molecule has 1 N–H and O–H groups in total. The Balaban J connectivity index is 2.68. The van der Waals surface area contributed by atoms with Crippen LogP contribution in [0.1, 0.15) is 20.8 Å². The molecule has 0 unspecified atom stereocenters. The van der Waals surface area contributed by atoms with Gasteiger partial charge in [-0.1, -0.05) is 20.8 Å². The van der Waals surface area contributed by atoms with Gasteiger partial charge in [0.2, 0.25) is 0 Å². The molecule has 0 saturated heterocycles. The van der Waals surface area contributed by atoms with Gasteiger partial charge < -0.3 is 5.32 Å². The van der Waals surface area contributed by atoms with Crippen molar-refractivity contribution in [2.45, 2.75) is 20.8 Å². The lowest BCUT2D eigenvalue weighted by Gasteiger charge is -2.19. The Morgan fingerprint density at radius 3 is 2.00 bits per heavy atom. The van der Waals surface area contributed by atoms with Gasteiger partial charge >= 0.3 is 0 Å². The summed E-state index contributed by atoms with van der Waals surface area (Å²) in [5, 5.41) is 2.99. The van der Waals surface area contributed by atoms with Crippen LogP contribution in [0.15, 0.2) is 18.2 Å². The third kappa shape index (κ3) is 3.73. The number of halogens is 2. The van der Waals surface area contributed by atoms with E-state index in [9.17, 15) is 8.78 Å². The van der Waals surface area contributed by atoms with Crippen molar-refractivity contribution in [2.24, 2.45) is 5.41 Å². The molecule has 14 heavy (non-hydrogen) atoms. The topological polar surface area (TPSA) is 12.0 Å². The molecular formula is C11H15F2N. The van der Waals surface area contributed by atoms with E-state index in [1.165, 1.54) is 12.1 Å². The molecule has 0 atom stereocenters. The van der Waals surface area contributed by atoms with E-state index in [0.717, 1.165) is 6.07 Å². The van der Waals surface area contributed by atoms with E-state index in [2.05, 4.69) is 26.1 Å². The van der Waals surface area contributed by atoms with Crippen LogP contribution in [0, 0.1) is 17.0 Å². The third-order valence-corrected chi connectivity index (χ3v) is 1.69. The molecule has 0 aliphatic rings. The minimum Gasteiger partial charge on any atom is -0.384 e. The van der Waals surface area contributed by atoms with Gasteiger partial charge in [-0.3, -0.25) is 0 Å². The second kappa shape index (κ2) is 3.95. The highest BCUT2D eigenvalue weighted by atomic mass is 19.1. The molecule has 0 radical (unpaired) electrons. The summed E-state index contributed by atoms with van der Waals surface area (Å²) < 4.78 is 25.5. The average Bonchev–Trinajstić information content (AvgIpc) is 1.97. The van der Waals surface area contributed by atoms with Crippen molar-refractivity contribution in [2.75, 3.05) is 11.9 Å². The van der Waals surface area contributed by atoms with Crippen LogP contribution in [0.3, 0.4) is 0 Å². The Hall–Kier alpha value is -1.12. The van der Waals surface area contributed by atoms with Gasteiger partial charge in [0.1, 0.15) is 11.6 Å². The summed E-state index contributed by atoms with van der Waals surface area (Å²) >= 11 is 0. The summed E-state index contributed by atoms with van der Waals surface area (Å²) in [5.74, 6) is -1.11. The summed E-state index contributed by atoms with van der Waals surface area (Å²) in [6.07, 6.45) is 0. The quantitative estimate of drug-likeness (QED) is 0.769. The first-order valence-corrected chi connectivity index (χ1v) is 4.57. The number of hydrogen-bond donors (Lipinski definition) is 1. The maximum Gasteiger partial charge on any atom is 0.128 e. The highest BCUT2D eigenvalue weighted by Crippen LogP contribution is 2.17. The zero-order valence-corrected chi connectivity index (χ0v) is 8.70. The molecule has 0 fully saturated rings. The molecule has 0 aliphatic heterocycles. The molecule has 0 heterocycles. The van der Waals surface area contributed by atoms with Gasteiger partial charge in [-0.15, -0.1) is 0 Å². The lowest BCUT2D eigenvalue weighted by atomic mass is 9.97. The maximum atomic E-state index is 12.8. The molecule has 1 rings (SSSR count). The van der Waals surface area contributed by atoms with Crippen molar-refractivity contribution >= 4 is 5.69 Å². The highest BCUT2D eigenvalue weighted by molar-refractivity contribution is 5.43. The van der Waals surface area contributed by atoms with Crippen LogP contribution in [0.4, 0.5) is 14.5 Å². The molecular weight excluding hydrogens is 184 g/mol. The van der Waals surface area contributed by atoms with Crippen LogP contribution in [0.2, 0.25) is 0 Å². The van der Waals surface area contributed by atoms with Gasteiger partial charge in [-0.2, -0.15) is 0 Å². The Morgan fingerprint density at radius 1 is 1.07 bits per heavy atom. The summed E-state index contributed by atoms with van der Waals surface area (Å²) in [6.45, 7) is 6.83. The Labute approximate surface area is 83.1 Å². The second-order valence-corrected chi connectivity index (χ2v) is 4.57. The van der Waals surface area contributed by atoms with Crippen LogP contribution in [-0.4, -0.2) is 6.54 Å². The lowest BCUT2D eigenvalue weighted by Crippen LogP contribution is -2.19. The van der Waals surface area contributed by atoms with E-state index >= 15 is 0 Å². The molecule has 3 heteroatoms. The largest absolute Gasteiger partial charge is 0.384 e. The normalized spacial score (nSPS) is 11.5. The lowest BCUT2D eigenvalue weighted by molar-refractivity contribution is 0.442. The van der Waals surface area contributed by atoms with Crippen LogP contribution >= 0.6 is 0 Å². The molecule has 0 spiro atoms. The first-order valence-electron chi connectivity index (χ1n) is 4.57. The van der Waals surface area contributed by atoms with Crippen molar-refractivity contribution in [3.05, 3.63) is 29.8 Å². The minimum absolute atomic E-state index is 0.0861. The van der Waals surface area contributed by atoms with E-state index in [4.69, 9.17) is 0 Å². The number of hydrogen-bond acceptors (Lipinski definition) is 1. The zero-order chi connectivity index (χ0) is 10.8. The van der Waals surface area contributed by atoms with E-state index in [1.807, 2.05) is 0 Å². The predicted molar refractivity (Wildman–Crippen MR) is 54.3 cm³/mol. The second-order valence-electron chi connectivity index (χ2n) is 4.57. The van der Waals surface area contributed by atoms with E-state index < -0.39 is 11.6 Å². The maximum absolute atomic E-state index is 12.8. The van der Waals surface area contributed by atoms with Crippen molar-refractivity contribution in [3.8, 4) is 0 Å². The zero-order valence-electron chi connectivity index (χ0n) is 8.70. The minimum atomic E-state index is -0.554. The van der Waals surface area contributed by atoms with Crippen LogP contribution in [-0.2, 0) is 0 Å². The molecule has 78 valence electrons. The predicted octanol–water partition coefficient (Wildman–Crippen LogP) is 3.42. The fourth-order valence-corrected chi connectivity index (χ4v) is 1.02. The Morgan fingerprint density at radius 2 is 1.57 bits per heavy atom. The Bertz CT molecular complexity index is 295. The molecule has 1 aromatic carbocycles. The molecule has 1 nitrogen and oxygen atoms in total. The van der Waals surface area contributed by atoms with Gasteiger partial charge in [-0.25, -0.2) is 8.78 Å². The van der Waals surface area contributed by atoms with Gasteiger partial charge in [0, 0.05) is 18.3 Å². The van der Waals surface area contributed by atoms with Gasteiger partial charge in [-0.05, 0) is 17.5 Å². The van der Waals surface area contributed by atoms with Crippen molar-refractivity contribution in [3.63, 3.8) is 0 Å². The molecule has 0 aromatic heterocycles. The van der Waals surface area contributed by atoms with Gasteiger partial charge in [0.15, 0.2) is 0 Å². The van der Waals surface area contributed by atoms with Crippen LogP contribution in [0.25, 0.3) is 0 Å². The smallest absolute Gasteiger partial charge is 0.128 e. The fourth-order valence-electron chi connectivity index (χ4n) is 1.02. The van der Waals surface area contributed by atoms with Crippen LogP contribution < -0.4 is 5.32 Å². The number of anilines is 1. The Kier molecular flexibility index (Phi) is 3.09. The third-order valence-electron chi connectivity index (χ3n) is 1.69. The average molecular weight is 199 g/mol. The van der Waals surface area contributed by atoms with Crippen molar-refractivity contribution in [1.29, 1.82) is 0 Å². The molecule has 0 bridgehead atoms. The van der Waals surface area contributed by atoms with Crippen molar-refractivity contribution < 1.29 is 8.78 Å². The van der Waals surface area contributed by atoms with Gasteiger partial charge in [0.25, 0.3) is 0 Å². The SMILES string of the molecule is CC(C)(C)CNc1cc(F)cc(F)c1. The molecule has 0 saturated carbocycles. The number of rotatable bonds is 2. The van der Waals surface area contributed by atoms with E-state index in [-0.39, 0.29) is 5.41 Å². The molecule has 0 aliphatic carbocycles. The summed E-state index contributed by atoms with van der Waals surface area (Å²) in [7, 11) is 0. The standard InChI is InChI=1S/C11H15F2N/c1-11(2,3)7-14-10-5-8(12)4-9(13)6-10/h4-6,14H,7H2,1-3H3. The summed E-state index contributed by atoms with van der Waals surface area (Å²) in [4.78, 5) is 0.